The van der Waals surface area contributed by atoms with Gasteiger partial charge < -0.3 is 5.32 Å². The van der Waals surface area contributed by atoms with E-state index in [9.17, 15) is 13.2 Å². The number of sulfonamides is 1. The van der Waals surface area contributed by atoms with Crippen LogP contribution in [0.15, 0.2) is 35.4 Å². The van der Waals surface area contributed by atoms with E-state index in [1.54, 1.807) is 6.92 Å². The molecular weight excluding hydrogens is 328 g/mol. The summed E-state index contributed by atoms with van der Waals surface area (Å²) < 4.78 is 28.6. The minimum absolute atomic E-state index is 0.0360. The molecule has 24 heavy (non-hydrogen) atoms. The van der Waals surface area contributed by atoms with Gasteiger partial charge in [-0.15, -0.1) is 0 Å². The van der Waals surface area contributed by atoms with Crippen LogP contribution in [-0.2, 0) is 34.3 Å². The third kappa shape index (κ3) is 3.20. The lowest BCUT2D eigenvalue weighted by Crippen LogP contribution is -2.49. The van der Waals surface area contributed by atoms with Gasteiger partial charge in [-0.05, 0) is 31.4 Å². The molecule has 2 N–H and O–H groups in total. The monoisotopic (exact) mass is 348 g/mol. The fraction of sp³-hybridized carbons (Fsp3) is 0.375. The number of rotatable bonds is 4. The molecule has 0 bridgehead atoms. The van der Waals surface area contributed by atoms with Crippen molar-refractivity contribution in [3.05, 3.63) is 47.3 Å². The SMILES string of the molecule is CCn1cc(S(=O)(=O)NC(=O)C2Cc3ccccc3CN2)c(C)n1. The van der Waals surface area contributed by atoms with Crippen molar-refractivity contribution < 1.29 is 13.2 Å². The van der Waals surface area contributed by atoms with Crippen LogP contribution in [0.5, 0.6) is 0 Å². The molecule has 7 nitrogen and oxygen atoms in total. The maximum atomic E-state index is 12.5. The Morgan fingerprint density at radius 3 is 2.75 bits per heavy atom. The number of carbonyl (C=O) groups is 1. The molecule has 0 spiro atoms. The quantitative estimate of drug-likeness (QED) is 0.850. The molecule has 1 atom stereocenters. The molecular formula is C16H20N4O3S. The summed E-state index contributed by atoms with van der Waals surface area (Å²) in [6.45, 7) is 4.58. The number of fused-ring (bicyclic) bond motifs is 1. The second kappa shape index (κ2) is 6.37. The third-order valence-electron chi connectivity index (χ3n) is 4.15. The van der Waals surface area contributed by atoms with Crippen molar-refractivity contribution in [1.82, 2.24) is 19.8 Å². The highest BCUT2D eigenvalue weighted by molar-refractivity contribution is 7.90. The van der Waals surface area contributed by atoms with E-state index in [1.165, 1.54) is 10.9 Å². The van der Waals surface area contributed by atoms with Gasteiger partial charge in [-0.25, -0.2) is 13.1 Å². The molecule has 1 aromatic heterocycles. The van der Waals surface area contributed by atoms with Crippen LogP contribution in [0.4, 0.5) is 0 Å². The standard InChI is InChI=1S/C16H20N4O3S/c1-3-20-10-15(11(2)18-20)24(22,23)19-16(21)14-8-12-6-4-5-7-13(12)9-17-14/h4-7,10,14,17H,3,8-9H2,1-2H3,(H,19,21). The maximum absolute atomic E-state index is 12.5. The minimum atomic E-state index is -3.93. The van der Waals surface area contributed by atoms with Gasteiger partial charge in [0.25, 0.3) is 15.9 Å². The Hall–Kier alpha value is -2.19. The van der Waals surface area contributed by atoms with E-state index in [4.69, 9.17) is 0 Å². The number of aryl methyl sites for hydroxylation is 2. The molecule has 1 unspecified atom stereocenters. The molecule has 128 valence electrons. The Morgan fingerprint density at radius 1 is 1.38 bits per heavy atom. The fourth-order valence-corrected chi connectivity index (χ4v) is 4.03. The summed E-state index contributed by atoms with van der Waals surface area (Å²) in [6.07, 6.45) is 1.90. The van der Waals surface area contributed by atoms with Gasteiger partial charge in [-0.1, -0.05) is 24.3 Å². The largest absolute Gasteiger partial charge is 0.301 e. The minimum Gasteiger partial charge on any atom is -0.301 e. The molecule has 2 aromatic rings. The van der Waals surface area contributed by atoms with Crippen LogP contribution in [0, 0.1) is 6.92 Å². The van der Waals surface area contributed by atoms with Gasteiger partial charge in [-0.3, -0.25) is 9.48 Å². The summed E-state index contributed by atoms with van der Waals surface area (Å²) in [7, 11) is -3.93. The maximum Gasteiger partial charge on any atom is 0.267 e. The average molecular weight is 348 g/mol. The van der Waals surface area contributed by atoms with Crippen LogP contribution in [0.25, 0.3) is 0 Å². The zero-order valence-corrected chi connectivity index (χ0v) is 14.4. The van der Waals surface area contributed by atoms with E-state index in [-0.39, 0.29) is 4.90 Å². The molecule has 1 aliphatic heterocycles. The first-order valence-electron chi connectivity index (χ1n) is 7.81. The van der Waals surface area contributed by atoms with Crippen LogP contribution < -0.4 is 10.0 Å². The molecule has 1 amide bonds. The van der Waals surface area contributed by atoms with E-state index in [2.05, 4.69) is 15.1 Å². The molecule has 8 heteroatoms. The van der Waals surface area contributed by atoms with Gasteiger partial charge >= 0.3 is 0 Å². The molecule has 1 aliphatic rings. The number of amides is 1. The van der Waals surface area contributed by atoms with Gasteiger partial charge in [0.05, 0.1) is 11.7 Å². The van der Waals surface area contributed by atoms with Crippen LogP contribution in [-0.4, -0.2) is 30.1 Å². The number of hydrogen-bond acceptors (Lipinski definition) is 5. The molecule has 2 heterocycles. The molecule has 3 rings (SSSR count). The Kier molecular flexibility index (Phi) is 4.42. The van der Waals surface area contributed by atoms with Crippen LogP contribution >= 0.6 is 0 Å². The predicted octanol–water partition coefficient (Wildman–Crippen LogP) is 0.731. The van der Waals surface area contributed by atoms with E-state index >= 15 is 0 Å². The van der Waals surface area contributed by atoms with Gasteiger partial charge in [0.2, 0.25) is 0 Å². The fourth-order valence-electron chi connectivity index (χ4n) is 2.82. The lowest BCUT2D eigenvalue weighted by Gasteiger charge is -2.25. The van der Waals surface area contributed by atoms with Gasteiger partial charge in [0.1, 0.15) is 4.90 Å². The second-order valence-electron chi connectivity index (χ2n) is 5.81. The molecule has 1 aromatic carbocycles. The first kappa shape index (κ1) is 16.7. The lowest BCUT2D eigenvalue weighted by molar-refractivity contribution is -0.121. The highest BCUT2D eigenvalue weighted by atomic mass is 32.2. The van der Waals surface area contributed by atoms with E-state index in [0.29, 0.717) is 25.2 Å². The molecule has 0 saturated carbocycles. The van der Waals surface area contributed by atoms with Crippen molar-refractivity contribution in [3.63, 3.8) is 0 Å². The van der Waals surface area contributed by atoms with E-state index in [1.807, 2.05) is 31.2 Å². The van der Waals surface area contributed by atoms with Gasteiger partial charge in [0.15, 0.2) is 0 Å². The zero-order chi connectivity index (χ0) is 17.3. The van der Waals surface area contributed by atoms with Crippen molar-refractivity contribution in [2.75, 3.05) is 0 Å². The summed E-state index contributed by atoms with van der Waals surface area (Å²) in [5, 5.41) is 7.20. The van der Waals surface area contributed by atoms with Crippen molar-refractivity contribution in [3.8, 4) is 0 Å². The van der Waals surface area contributed by atoms with Gasteiger partial charge in [0, 0.05) is 19.3 Å². The number of nitrogens with one attached hydrogen (secondary N) is 2. The molecule has 0 saturated heterocycles. The number of carbonyl (C=O) groups excluding carboxylic acids is 1. The summed E-state index contributed by atoms with van der Waals surface area (Å²) >= 11 is 0. The third-order valence-corrected chi connectivity index (χ3v) is 5.60. The number of hydrogen-bond donors (Lipinski definition) is 2. The summed E-state index contributed by atoms with van der Waals surface area (Å²) in [5.74, 6) is -0.548. The molecule has 0 aliphatic carbocycles. The summed E-state index contributed by atoms with van der Waals surface area (Å²) in [4.78, 5) is 12.4. The first-order chi connectivity index (χ1) is 11.4. The average Bonchev–Trinajstić information content (AvgIpc) is 2.96. The number of aromatic nitrogens is 2. The van der Waals surface area contributed by atoms with Crippen molar-refractivity contribution in [2.24, 2.45) is 0 Å². The molecule has 0 radical (unpaired) electrons. The van der Waals surface area contributed by atoms with Crippen molar-refractivity contribution in [1.29, 1.82) is 0 Å². The van der Waals surface area contributed by atoms with Crippen molar-refractivity contribution >= 4 is 15.9 Å². The Bertz CT molecular complexity index is 873. The first-order valence-corrected chi connectivity index (χ1v) is 9.30. The number of benzene rings is 1. The predicted molar refractivity (Wildman–Crippen MR) is 88.7 cm³/mol. The zero-order valence-electron chi connectivity index (χ0n) is 13.6. The van der Waals surface area contributed by atoms with Crippen molar-refractivity contribution in [2.45, 2.75) is 44.3 Å². The Balaban J connectivity index is 1.76. The molecule has 0 fully saturated rings. The highest BCUT2D eigenvalue weighted by Crippen LogP contribution is 2.18. The number of nitrogens with zero attached hydrogens (tertiary/aromatic N) is 2. The van der Waals surface area contributed by atoms with Crippen LogP contribution in [0.1, 0.15) is 23.7 Å². The van der Waals surface area contributed by atoms with Gasteiger partial charge in [-0.2, -0.15) is 5.10 Å². The lowest BCUT2D eigenvalue weighted by atomic mass is 9.96. The normalized spacial score (nSPS) is 17.3. The topological polar surface area (TPSA) is 93.1 Å². The van der Waals surface area contributed by atoms with Crippen LogP contribution in [0.3, 0.4) is 0 Å². The second-order valence-corrected chi connectivity index (χ2v) is 7.46. The highest BCUT2D eigenvalue weighted by Gasteiger charge is 2.29. The Labute approximate surface area is 141 Å². The summed E-state index contributed by atoms with van der Waals surface area (Å²) in [6, 6.07) is 7.24. The van der Waals surface area contributed by atoms with Crippen LogP contribution in [0.2, 0.25) is 0 Å². The van der Waals surface area contributed by atoms with E-state index < -0.39 is 22.0 Å². The Morgan fingerprint density at radius 2 is 2.08 bits per heavy atom. The van der Waals surface area contributed by atoms with E-state index in [0.717, 1.165) is 11.1 Å². The summed E-state index contributed by atoms with van der Waals surface area (Å²) in [5.41, 5.74) is 2.56. The smallest absolute Gasteiger partial charge is 0.267 e.